The highest BCUT2D eigenvalue weighted by molar-refractivity contribution is 7.90. The molecule has 0 saturated carbocycles. The number of rotatable bonds is 6. The number of aliphatic hydroxyl groups excluding tert-OH is 2. The van der Waals surface area contributed by atoms with Crippen LogP contribution in [0.3, 0.4) is 0 Å². The Hall–Kier alpha value is -1.70. The van der Waals surface area contributed by atoms with Crippen LogP contribution in [0.4, 0.5) is 0 Å². The highest BCUT2D eigenvalue weighted by Crippen LogP contribution is 2.13. The molecule has 0 bridgehead atoms. The van der Waals surface area contributed by atoms with Gasteiger partial charge in [0.15, 0.2) is 9.84 Å². The van der Waals surface area contributed by atoms with Gasteiger partial charge in [-0.3, -0.25) is 0 Å². The zero-order valence-electron chi connectivity index (χ0n) is 11.7. The summed E-state index contributed by atoms with van der Waals surface area (Å²) in [5.41, 5.74) is 0.924. The highest BCUT2D eigenvalue weighted by Gasteiger charge is 2.10. The molecular formula is C14H18N2O4S. The van der Waals surface area contributed by atoms with Crippen molar-refractivity contribution >= 4 is 9.84 Å². The summed E-state index contributed by atoms with van der Waals surface area (Å²) in [5.74, 6) is 0.745. The zero-order chi connectivity index (χ0) is 15.5. The number of hydrogen-bond acceptors (Lipinski definition) is 5. The first kappa shape index (κ1) is 15.7. The molecule has 0 aliphatic rings. The minimum atomic E-state index is -3.19. The molecule has 0 aliphatic heterocycles. The molecule has 1 heterocycles. The molecule has 0 saturated heterocycles. The summed E-state index contributed by atoms with van der Waals surface area (Å²) >= 11 is 0. The van der Waals surface area contributed by atoms with Gasteiger partial charge in [0.2, 0.25) is 0 Å². The van der Waals surface area contributed by atoms with Crippen LogP contribution >= 0.6 is 0 Å². The lowest BCUT2D eigenvalue weighted by Crippen LogP contribution is -2.20. The van der Waals surface area contributed by atoms with Crippen molar-refractivity contribution in [2.75, 3.05) is 12.9 Å². The normalized spacial score (nSPS) is 13.3. The van der Waals surface area contributed by atoms with E-state index in [1.807, 2.05) is 0 Å². The smallest absolute Gasteiger partial charge is 0.175 e. The Balaban J connectivity index is 2.14. The minimum Gasteiger partial charge on any atom is -0.394 e. The number of hydrogen-bond donors (Lipinski definition) is 2. The average Bonchev–Trinajstić information content (AvgIpc) is 2.85. The topological polar surface area (TPSA) is 92.4 Å². The van der Waals surface area contributed by atoms with Crippen LogP contribution in [0.5, 0.6) is 0 Å². The molecule has 0 radical (unpaired) electrons. The fourth-order valence-electron chi connectivity index (χ4n) is 2.00. The van der Waals surface area contributed by atoms with Crippen molar-refractivity contribution in [2.24, 2.45) is 0 Å². The molecule has 7 heteroatoms. The van der Waals surface area contributed by atoms with Gasteiger partial charge in [0, 0.05) is 25.1 Å². The Morgan fingerprint density at radius 2 is 1.95 bits per heavy atom. The van der Waals surface area contributed by atoms with Gasteiger partial charge in [0.25, 0.3) is 0 Å². The summed E-state index contributed by atoms with van der Waals surface area (Å²) in [6.07, 6.45) is 4.23. The quantitative estimate of drug-likeness (QED) is 0.797. The summed E-state index contributed by atoms with van der Waals surface area (Å²) in [7, 11) is -3.19. The van der Waals surface area contributed by atoms with E-state index < -0.39 is 15.9 Å². The summed E-state index contributed by atoms with van der Waals surface area (Å²) in [6, 6.07) is 6.64. The van der Waals surface area contributed by atoms with Crippen molar-refractivity contribution in [1.82, 2.24) is 9.55 Å². The van der Waals surface area contributed by atoms with Gasteiger partial charge >= 0.3 is 0 Å². The second-order valence-electron chi connectivity index (χ2n) is 4.93. The molecule has 0 spiro atoms. The summed E-state index contributed by atoms with van der Waals surface area (Å²) in [5, 5.41) is 18.4. The van der Waals surface area contributed by atoms with Gasteiger partial charge in [0.1, 0.15) is 5.82 Å². The van der Waals surface area contributed by atoms with E-state index in [2.05, 4.69) is 4.98 Å². The third kappa shape index (κ3) is 4.13. The SMILES string of the molecule is CS(=O)(=O)c1ccc(Cc2nccn2CC(O)CO)cc1. The van der Waals surface area contributed by atoms with Crippen LogP contribution < -0.4 is 0 Å². The van der Waals surface area contributed by atoms with Gasteiger partial charge in [-0.25, -0.2) is 13.4 Å². The summed E-state index contributed by atoms with van der Waals surface area (Å²) in [4.78, 5) is 4.50. The predicted molar refractivity (Wildman–Crippen MR) is 77.7 cm³/mol. The number of benzene rings is 1. The molecule has 2 N–H and O–H groups in total. The van der Waals surface area contributed by atoms with E-state index in [9.17, 15) is 13.5 Å². The van der Waals surface area contributed by atoms with E-state index in [4.69, 9.17) is 5.11 Å². The largest absolute Gasteiger partial charge is 0.394 e. The number of aliphatic hydroxyl groups is 2. The Morgan fingerprint density at radius 3 is 2.52 bits per heavy atom. The first-order chi connectivity index (χ1) is 9.90. The Bertz CT molecular complexity index is 692. The minimum absolute atomic E-state index is 0.271. The van der Waals surface area contributed by atoms with Crippen LogP contribution in [-0.2, 0) is 22.8 Å². The van der Waals surface area contributed by atoms with Crippen molar-refractivity contribution in [3.05, 3.63) is 48.0 Å². The molecule has 1 unspecified atom stereocenters. The molecule has 6 nitrogen and oxygen atoms in total. The van der Waals surface area contributed by atoms with Crippen molar-refractivity contribution in [3.8, 4) is 0 Å². The third-order valence-electron chi connectivity index (χ3n) is 3.13. The first-order valence-corrected chi connectivity index (χ1v) is 8.37. The van der Waals surface area contributed by atoms with Crippen LogP contribution in [0, 0.1) is 0 Å². The van der Waals surface area contributed by atoms with Gasteiger partial charge in [-0.2, -0.15) is 0 Å². The average molecular weight is 310 g/mol. The number of aromatic nitrogens is 2. The fraction of sp³-hybridized carbons (Fsp3) is 0.357. The lowest BCUT2D eigenvalue weighted by Gasteiger charge is -2.11. The molecule has 0 fully saturated rings. The van der Waals surface area contributed by atoms with Gasteiger partial charge in [-0.05, 0) is 17.7 Å². The van der Waals surface area contributed by atoms with E-state index in [1.165, 1.54) is 6.26 Å². The second-order valence-corrected chi connectivity index (χ2v) is 6.94. The zero-order valence-corrected chi connectivity index (χ0v) is 12.5. The Labute approximate surface area is 123 Å². The number of nitrogens with zero attached hydrogens (tertiary/aromatic N) is 2. The van der Waals surface area contributed by atoms with Crippen molar-refractivity contribution in [1.29, 1.82) is 0 Å². The lowest BCUT2D eigenvalue weighted by atomic mass is 10.1. The Morgan fingerprint density at radius 1 is 1.29 bits per heavy atom. The van der Waals surface area contributed by atoms with Crippen LogP contribution in [0.15, 0.2) is 41.6 Å². The maximum absolute atomic E-state index is 11.4. The van der Waals surface area contributed by atoms with Gasteiger partial charge < -0.3 is 14.8 Å². The molecule has 1 atom stereocenters. The molecule has 21 heavy (non-hydrogen) atoms. The molecule has 114 valence electrons. The molecule has 2 aromatic rings. The maximum atomic E-state index is 11.4. The molecular weight excluding hydrogens is 292 g/mol. The fourth-order valence-corrected chi connectivity index (χ4v) is 2.63. The van der Waals surface area contributed by atoms with Crippen molar-refractivity contribution < 1.29 is 18.6 Å². The number of sulfone groups is 1. The molecule has 1 aromatic heterocycles. The van der Waals surface area contributed by atoms with Crippen molar-refractivity contribution in [2.45, 2.75) is 24.0 Å². The maximum Gasteiger partial charge on any atom is 0.175 e. The standard InChI is InChI=1S/C14H18N2O4S/c1-21(19,20)13-4-2-11(3-5-13)8-14-15-6-7-16(14)9-12(18)10-17/h2-7,12,17-18H,8-10H2,1H3. The molecule has 1 aromatic carbocycles. The summed E-state index contributed by atoms with van der Waals surface area (Å²) in [6.45, 7) is -0.0338. The van der Waals surface area contributed by atoms with E-state index in [0.717, 1.165) is 11.4 Å². The summed E-state index contributed by atoms with van der Waals surface area (Å²) < 4.78 is 24.6. The van der Waals surface area contributed by atoms with Crippen LogP contribution in [0.1, 0.15) is 11.4 Å². The van der Waals surface area contributed by atoms with Gasteiger partial charge in [-0.15, -0.1) is 0 Å². The van der Waals surface area contributed by atoms with Gasteiger partial charge in [-0.1, -0.05) is 12.1 Å². The third-order valence-corrected chi connectivity index (χ3v) is 4.26. The van der Waals surface area contributed by atoms with E-state index in [1.54, 1.807) is 41.2 Å². The van der Waals surface area contributed by atoms with Gasteiger partial charge in [0.05, 0.1) is 24.2 Å². The predicted octanol–water partition coefficient (Wildman–Crippen LogP) is 0.231. The van der Waals surface area contributed by atoms with Crippen molar-refractivity contribution in [3.63, 3.8) is 0 Å². The first-order valence-electron chi connectivity index (χ1n) is 6.48. The monoisotopic (exact) mass is 310 g/mol. The lowest BCUT2D eigenvalue weighted by molar-refractivity contribution is 0.0806. The molecule has 2 rings (SSSR count). The highest BCUT2D eigenvalue weighted by atomic mass is 32.2. The number of imidazole rings is 1. The van der Waals surface area contributed by atoms with E-state index >= 15 is 0 Å². The van der Waals surface area contributed by atoms with E-state index in [-0.39, 0.29) is 18.0 Å². The van der Waals surface area contributed by atoms with Crippen LogP contribution in [0.25, 0.3) is 0 Å². The Kier molecular flexibility index (Phi) is 4.76. The van der Waals surface area contributed by atoms with Crippen LogP contribution in [0.2, 0.25) is 0 Å². The molecule has 0 amide bonds. The molecule has 0 aliphatic carbocycles. The van der Waals surface area contributed by atoms with Crippen LogP contribution in [-0.4, -0.2) is 47.1 Å². The van der Waals surface area contributed by atoms with E-state index in [0.29, 0.717) is 6.42 Å². The second kappa shape index (κ2) is 6.38.